The molecule has 0 aliphatic heterocycles. The van der Waals surface area contributed by atoms with Crippen LogP contribution >= 0.6 is 0 Å². The largest absolute Gasteiger partial charge is 0.281 e. The van der Waals surface area contributed by atoms with E-state index in [1.54, 1.807) is 17.0 Å². The van der Waals surface area contributed by atoms with Gasteiger partial charge in [-0.2, -0.15) is 0 Å². The molecular weight excluding hydrogens is 212 g/mol. The molecule has 82 valence electrons. The average molecular weight is 222 g/mol. The molecule has 3 nitrogen and oxygen atoms in total. The van der Waals surface area contributed by atoms with Crippen LogP contribution in [0, 0.1) is 0 Å². The van der Waals surface area contributed by atoms with E-state index in [4.69, 9.17) is 0 Å². The van der Waals surface area contributed by atoms with Crippen molar-refractivity contribution < 1.29 is 0 Å². The molecule has 0 bridgehead atoms. The predicted octanol–water partition coefficient (Wildman–Crippen LogP) is 2.39. The average Bonchev–Trinajstić information content (AvgIpc) is 2.39. The van der Waals surface area contributed by atoms with E-state index in [9.17, 15) is 4.79 Å². The number of rotatable bonds is 1. The van der Waals surface area contributed by atoms with Crippen LogP contribution in [0.4, 0.5) is 0 Å². The first-order valence-corrected chi connectivity index (χ1v) is 5.37. The molecule has 0 fully saturated rings. The predicted molar refractivity (Wildman–Crippen MR) is 67.3 cm³/mol. The summed E-state index contributed by atoms with van der Waals surface area (Å²) in [7, 11) is 0. The highest BCUT2D eigenvalue weighted by molar-refractivity contribution is 5.90. The second-order valence-corrected chi connectivity index (χ2v) is 3.78. The summed E-state index contributed by atoms with van der Waals surface area (Å²) in [6.45, 7) is 0. The third kappa shape index (κ3) is 1.61. The van der Waals surface area contributed by atoms with Crippen molar-refractivity contribution in [2.75, 3.05) is 0 Å². The summed E-state index contributed by atoms with van der Waals surface area (Å²) in [6, 6.07) is 13.9. The zero-order chi connectivity index (χ0) is 11.7. The normalized spacial score (nSPS) is 10.6. The van der Waals surface area contributed by atoms with Gasteiger partial charge in [-0.15, -0.1) is 0 Å². The minimum atomic E-state index is -0.121. The van der Waals surface area contributed by atoms with Gasteiger partial charge >= 0.3 is 0 Å². The Bertz CT molecular complexity index is 726. The van der Waals surface area contributed by atoms with Crippen LogP contribution in [0.15, 0.2) is 65.8 Å². The summed E-state index contributed by atoms with van der Waals surface area (Å²) >= 11 is 0. The maximum Gasteiger partial charge on any atom is 0.273 e. The topological polar surface area (TPSA) is 34.9 Å². The van der Waals surface area contributed by atoms with E-state index in [-0.39, 0.29) is 5.56 Å². The fourth-order valence-electron chi connectivity index (χ4n) is 1.97. The Balaban J connectivity index is 2.39. The van der Waals surface area contributed by atoms with Gasteiger partial charge in [0.05, 0.1) is 11.9 Å². The number of aromatic nitrogens is 2. The van der Waals surface area contributed by atoms with E-state index < -0.39 is 0 Å². The van der Waals surface area contributed by atoms with Gasteiger partial charge < -0.3 is 0 Å². The molecule has 17 heavy (non-hydrogen) atoms. The van der Waals surface area contributed by atoms with Gasteiger partial charge in [-0.1, -0.05) is 36.4 Å². The second-order valence-electron chi connectivity index (χ2n) is 3.78. The number of nitrogens with zero attached hydrogens (tertiary/aromatic N) is 2. The third-order valence-corrected chi connectivity index (χ3v) is 2.75. The minimum absolute atomic E-state index is 0.121. The Labute approximate surface area is 98.0 Å². The van der Waals surface area contributed by atoms with Crippen LogP contribution in [0.2, 0.25) is 0 Å². The molecule has 0 aliphatic rings. The molecule has 0 unspecified atom stereocenters. The molecule has 1 aromatic heterocycles. The number of fused-ring (bicyclic) bond motifs is 1. The number of hydrogen-bond acceptors (Lipinski definition) is 2. The van der Waals surface area contributed by atoms with Crippen molar-refractivity contribution >= 4 is 10.8 Å². The van der Waals surface area contributed by atoms with E-state index in [2.05, 4.69) is 4.98 Å². The molecule has 0 aliphatic carbocycles. The van der Waals surface area contributed by atoms with Crippen LogP contribution in [0.5, 0.6) is 0 Å². The zero-order valence-electron chi connectivity index (χ0n) is 9.08. The quantitative estimate of drug-likeness (QED) is 0.633. The zero-order valence-corrected chi connectivity index (χ0v) is 9.08. The number of hydrogen-bond donors (Lipinski definition) is 0. The SMILES string of the molecule is O=c1cnccn1-c1cccc2ccccc12. The molecule has 0 spiro atoms. The van der Waals surface area contributed by atoms with Gasteiger partial charge in [0.1, 0.15) is 0 Å². The molecule has 3 aromatic rings. The second kappa shape index (κ2) is 3.87. The Hall–Kier alpha value is -2.42. The Morgan fingerprint density at radius 1 is 1.00 bits per heavy atom. The van der Waals surface area contributed by atoms with Crippen LogP contribution in [-0.2, 0) is 0 Å². The standard InChI is InChI=1S/C14H10N2O/c17-14-10-15-8-9-16(14)13-7-3-5-11-4-1-2-6-12(11)13/h1-10H. The third-order valence-electron chi connectivity index (χ3n) is 2.75. The van der Waals surface area contributed by atoms with Crippen molar-refractivity contribution in [2.45, 2.75) is 0 Å². The van der Waals surface area contributed by atoms with Crippen molar-refractivity contribution in [3.05, 3.63) is 71.4 Å². The van der Waals surface area contributed by atoms with Gasteiger partial charge in [0.2, 0.25) is 0 Å². The molecule has 1 heterocycles. The van der Waals surface area contributed by atoms with E-state index >= 15 is 0 Å². The summed E-state index contributed by atoms with van der Waals surface area (Å²) < 4.78 is 1.61. The lowest BCUT2D eigenvalue weighted by Gasteiger charge is -2.08. The van der Waals surface area contributed by atoms with Crippen molar-refractivity contribution in [2.24, 2.45) is 0 Å². The van der Waals surface area contributed by atoms with E-state index in [0.29, 0.717) is 0 Å². The van der Waals surface area contributed by atoms with E-state index in [1.807, 2.05) is 42.5 Å². The van der Waals surface area contributed by atoms with Crippen LogP contribution in [-0.4, -0.2) is 9.55 Å². The summed E-state index contributed by atoms with van der Waals surface area (Å²) in [4.78, 5) is 15.6. The van der Waals surface area contributed by atoms with E-state index in [0.717, 1.165) is 16.5 Å². The van der Waals surface area contributed by atoms with Crippen LogP contribution in [0.1, 0.15) is 0 Å². The maximum absolute atomic E-state index is 11.8. The maximum atomic E-state index is 11.8. The summed E-state index contributed by atoms with van der Waals surface area (Å²) in [5.41, 5.74) is 0.763. The molecule has 0 N–H and O–H groups in total. The Morgan fingerprint density at radius 2 is 1.82 bits per heavy atom. The summed E-state index contributed by atoms with van der Waals surface area (Å²) in [5, 5.41) is 2.18. The molecule has 3 heteroatoms. The molecule has 2 aromatic carbocycles. The van der Waals surface area contributed by atoms with Crippen molar-refractivity contribution in [1.29, 1.82) is 0 Å². The Morgan fingerprint density at radius 3 is 2.71 bits per heavy atom. The van der Waals surface area contributed by atoms with Gasteiger partial charge in [-0.05, 0) is 11.5 Å². The van der Waals surface area contributed by atoms with Gasteiger partial charge in [0, 0.05) is 17.8 Å². The van der Waals surface area contributed by atoms with Gasteiger partial charge in [-0.3, -0.25) is 14.3 Å². The van der Waals surface area contributed by atoms with Gasteiger partial charge in [0.15, 0.2) is 0 Å². The first-order valence-electron chi connectivity index (χ1n) is 5.37. The molecule has 0 atom stereocenters. The van der Waals surface area contributed by atoms with Crippen molar-refractivity contribution in [1.82, 2.24) is 9.55 Å². The summed E-state index contributed by atoms with van der Waals surface area (Å²) in [5.74, 6) is 0. The first-order chi connectivity index (χ1) is 8.36. The highest BCUT2D eigenvalue weighted by atomic mass is 16.1. The van der Waals surface area contributed by atoms with Crippen LogP contribution in [0.25, 0.3) is 16.5 Å². The smallest absolute Gasteiger partial charge is 0.273 e. The monoisotopic (exact) mass is 222 g/mol. The lowest BCUT2D eigenvalue weighted by atomic mass is 10.1. The molecule has 3 rings (SSSR count). The fraction of sp³-hybridized carbons (Fsp3) is 0. The van der Waals surface area contributed by atoms with Gasteiger partial charge in [0.25, 0.3) is 5.56 Å². The van der Waals surface area contributed by atoms with Crippen LogP contribution in [0.3, 0.4) is 0 Å². The Kier molecular flexibility index (Phi) is 2.22. The number of benzene rings is 2. The van der Waals surface area contributed by atoms with E-state index in [1.165, 1.54) is 6.20 Å². The highest BCUT2D eigenvalue weighted by Crippen LogP contribution is 2.20. The van der Waals surface area contributed by atoms with Gasteiger partial charge in [-0.25, -0.2) is 0 Å². The molecule has 0 amide bonds. The lowest BCUT2D eigenvalue weighted by Crippen LogP contribution is -2.16. The highest BCUT2D eigenvalue weighted by Gasteiger charge is 2.03. The lowest BCUT2D eigenvalue weighted by molar-refractivity contribution is 0.964. The molecular formula is C14H10N2O. The van der Waals surface area contributed by atoms with Crippen molar-refractivity contribution in [3.63, 3.8) is 0 Å². The minimum Gasteiger partial charge on any atom is -0.281 e. The molecule has 0 saturated heterocycles. The first kappa shape index (κ1) is 9.78. The van der Waals surface area contributed by atoms with Crippen LogP contribution < -0.4 is 5.56 Å². The fourth-order valence-corrected chi connectivity index (χ4v) is 1.97. The molecule has 0 radical (unpaired) electrons. The molecule has 0 saturated carbocycles. The summed E-state index contributed by atoms with van der Waals surface area (Å²) in [6.07, 6.45) is 4.62. The van der Waals surface area contributed by atoms with Crippen molar-refractivity contribution in [3.8, 4) is 5.69 Å².